The third-order valence-corrected chi connectivity index (χ3v) is 6.37. The molecule has 1 aliphatic rings. The van der Waals surface area contributed by atoms with Crippen LogP contribution in [-0.4, -0.2) is 73.8 Å². The average Bonchev–Trinajstić information content (AvgIpc) is 2.66. The molecule has 1 fully saturated rings. The van der Waals surface area contributed by atoms with E-state index < -0.39 is 21.5 Å². The first-order valence-electron chi connectivity index (χ1n) is 9.86. The smallest absolute Gasteiger partial charge is 0.410 e. The first-order chi connectivity index (χ1) is 13.5. The van der Waals surface area contributed by atoms with E-state index >= 15 is 0 Å². The van der Waals surface area contributed by atoms with Crippen molar-refractivity contribution in [1.29, 1.82) is 0 Å². The van der Waals surface area contributed by atoms with Gasteiger partial charge in [-0.25, -0.2) is 18.2 Å². The maximum Gasteiger partial charge on any atom is 0.410 e. The Bertz CT molecular complexity index is 817. The van der Waals surface area contributed by atoms with Crippen LogP contribution < -0.4 is 5.73 Å². The highest BCUT2D eigenvalue weighted by molar-refractivity contribution is 14.0. The largest absolute Gasteiger partial charge is 0.444 e. The molecule has 170 valence electrons. The summed E-state index contributed by atoms with van der Waals surface area (Å²) in [6, 6.07) is 7.94. The SMILES string of the molecule is CCC(CS(=O)(=O)c1ccccc1)N=C(N)N1CCN(C(=O)OC(C)(C)C)CC1.I. The summed E-state index contributed by atoms with van der Waals surface area (Å²) < 4.78 is 30.6. The third-order valence-electron chi connectivity index (χ3n) is 4.56. The molecular formula is C20H33IN4O4S. The predicted molar refractivity (Wildman–Crippen MR) is 129 cm³/mol. The topological polar surface area (TPSA) is 105 Å². The predicted octanol–water partition coefficient (Wildman–Crippen LogP) is 2.72. The van der Waals surface area contributed by atoms with Gasteiger partial charge >= 0.3 is 6.09 Å². The van der Waals surface area contributed by atoms with Crippen LogP contribution in [0.15, 0.2) is 40.2 Å². The lowest BCUT2D eigenvalue weighted by atomic mass is 10.2. The molecule has 0 spiro atoms. The highest BCUT2D eigenvalue weighted by Crippen LogP contribution is 2.15. The van der Waals surface area contributed by atoms with Crippen LogP contribution in [0, 0.1) is 0 Å². The van der Waals surface area contributed by atoms with E-state index in [2.05, 4.69) is 4.99 Å². The zero-order valence-electron chi connectivity index (χ0n) is 18.1. The Balaban J connectivity index is 0.00000450. The van der Waals surface area contributed by atoms with E-state index in [1.165, 1.54) is 0 Å². The Labute approximate surface area is 196 Å². The van der Waals surface area contributed by atoms with Crippen molar-refractivity contribution >= 4 is 45.9 Å². The number of halogens is 1. The van der Waals surface area contributed by atoms with E-state index in [9.17, 15) is 13.2 Å². The number of piperazine rings is 1. The number of guanidine groups is 1. The van der Waals surface area contributed by atoms with Crippen LogP contribution >= 0.6 is 24.0 Å². The van der Waals surface area contributed by atoms with Crippen molar-refractivity contribution in [2.24, 2.45) is 10.7 Å². The fraction of sp³-hybridized carbons (Fsp3) is 0.600. The fourth-order valence-corrected chi connectivity index (χ4v) is 4.52. The molecule has 0 radical (unpaired) electrons. The van der Waals surface area contributed by atoms with Crippen LogP contribution in [0.25, 0.3) is 0 Å². The van der Waals surface area contributed by atoms with E-state index in [0.29, 0.717) is 38.6 Å². The molecule has 0 aliphatic carbocycles. The summed E-state index contributed by atoms with van der Waals surface area (Å²) >= 11 is 0. The summed E-state index contributed by atoms with van der Waals surface area (Å²) in [4.78, 5) is 20.4. The van der Waals surface area contributed by atoms with Crippen LogP contribution in [0.5, 0.6) is 0 Å². The number of amides is 1. The first-order valence-corrected chi connectivity index (χ1v) is 11.5. The van der Waals surface area contributed by atoms with Crippen molar-refractivity contribution in [3.63, 3.8) is 0 Å². The number of carbonyl (C=O) groups is 1. The number of rotatable bonds is 5. The summed E-state index contributed by atoms with van der Waals surface area (Å²) in [7, 11) is -3.44. The van der Waals surface area contributed by atoms with Gasteiger partial charge in [-0.2, -0.15) is 0 Å². The summed E-state index contributed by atoms with van der Waals surface area (Å²) in [5.41, 5.74) is 5.62. The number of nitrogens with zero attached hydrogens (tertiary/aromatic N) is 3. The molecule has 1 amide bonds. The Morgan fingerprint density at radius 3 is 2.17 bits per heavy atom. The van der Waals surface area contributed by atoms with Gasteiger partial charge in [-0.05, 0) is 39.3 Å². The average molecular weight is 552 g/mol. The van der Waals surface area contributed by atoms with Crippen LogP contribution in [0.2, 0.25) is 0 Å². The van der Waals surface area contributed by atoms with E-state index in [1.807, 2.05) is 32.6 Å². The molecule has 0 bridgehead atoms. The van der Waals surface area contributed by atoms with E-state index in [1.54, 1.807) is 35.2 Å². The van der Waals surface area contributed by atoms with Crippen molar-refractivity contribution < 1.29 is 17.9 Å². The quantitative estimate of drug-likeness (QED) is 0.342. The molecule has 1 heterocycles. The summed E-state index contributed by atoms with van der Waals surface area (Å²) in [6.07, 6.45) is 0.220. The third kappa shape index (κ3) is 7.93. The fourth-order valence-electron chi connectivity index (χ4n) is 2.94. The maximum atomic E-state index is 12.6. The van der Waals surface area contributed by atoms with Gasteiger partial charge in [-0.15, -0.1) is 24.0 Å². The second-order valence-corrected chi connectivity index (χ2v) is 10.1. The first kappa shape index (κ1) is 26.5. The summed E-state index contributed by atoms with van der Waals surface area (Å²) in [5.74, 6) is 0.218. The lowest BCUT2D eigenvalue weighted by Gasteiger charge is -2.36. The molecule has 1 unspecified atom stereocenters. The number of nitrogens with two attached hydrogens (primary N) is 1. The standard InChI is InChI=1S/C20H32N4O4S.HI/c1-5-16(15-29(26,27)17-9-7-6-8-10-17)22-18(21)23-11-13-24(14-12-23)19(25)28-20(2,3)4;/h6-10,16H,5,11-15H2,1-4H3,(H2,21,22);1H. The second kappa shape index (κ2) is 11.2. The minimum absolute atomic E-state index is 0. The number of sulfone groups is 1. The zero-order chi connectivity index (χ0) is 21.7. The molecule has 8 nitrogen and oxygen atoms in total. The summed E-state index contributed by atoms with van der Waals surface area (Å²) in [6.45, 7) is 9.39. The molecule has 2 rings (SSSR count). The van der Waals surface area contributed by atoms with Gasteiger partial charge in [-0.1, -0.05) is 25.1 Å². The van der Waals surface area contributed by atoms with Crippen molar-refractivity contribution in [3.05, 3.63) is 30.3 Å². The van der Waals surface area contributed by atoms with Gasteiger partial charge in [0.05, 0.1) is 16.7 Å². The van der Waals surface area contributed by atoms with Crippen molar-refractivity contribution in [2.45, 2.75) is 50.7 Å². The minimum atomic E-state index is -3.44. The number of aliphatic imine (C=N–C) groups is 1. The normalized spacial score (nSPS) is 16.6. The lowest BCUT2D eigenvalue weighted by Crippen LogP contribution is -2.53. The highest BCUT2D eigenvalue weighted by atomic mass is 127. The minimum Gasteiger partial charge on any atom is -0.444 e. The highest BCUT2D eigenvalue weighted by Gasteiger charge is 2.27. The molecule has 2 N–H and O–H groups in total. The van der Waals surface area contributed by atoms with Crippen LogP contribution in [-0.2, 0) is 14.6 Å². The number of benzene rings is 1. The number of carbonyl (C=O) groups excluding carboxylic acids is 1. The number of hydrogen-bond acceptors (Lipinski definition) is 5. The van der Waals surface area contributed by atoms with Crippen molar-refractivity contribution in [1.82, 2.24) is 9.80 Å². The van der Waals surface area contributed by atoms with E-state index in [-0.39, 0.29) is 40.7 Å². The molecule has 1 saturated heterocycles. The number of hydrogen-bond donors (Lipinski definition) is 1. The lowest BCUT2D eigenvalue weighted by molar-refractivity contribution is 0.0186. The Hall–Kier alpha value is -1.56. The van der Waals surface area contributed by atoms with Crippen LogP contribution in [0.1, 0.15) is 34.1 Å². The van der Waals surface area contributed by atoms with Crippen molar-refractivity contribution in [2.75, 3.05) is 31.9 Å². The van der Waals surface area contributed by atoms with Gasteiger partial charge in [0.1, 0.15) is 5.60 Å². The summed E-state index contributed by atoms with van der Waals surface area (Å²) in [5, 5.41) is 0. The zero-order valence-corrected chi connectivity index (χ0v) is 21.2. The van der Waals surface area contributed by atoms with Crippen LogP contribution in [0.3, 0.4) is 0 Å². The number of ether oxygens (including phenoxy) is 1. The van der Waals surface area contributed by atoms with Crippen molar-refractivity contribution in [3.8, 4) is 0 Å². The molecular weight excluding hydrogens is 519 g/mol. The van der Waals surface area contributed by atoms with Crippen LogP contribution in [0.4, 0.5) is 4.79 Å². The Morgan fingerprint density at radius 2 is 1.67 bits per heavy atom. The van der Waals surface area contributed by atoms with Gasteiger partial charge in [0.2, 0.25) is 0 Å². The molecule has 0 aromatic heterocycles. The molecule has 30 heavy (non-hydrogen) atoms. The molecule has 0 saturated carbocycles. The van der Waals surface area contributed by atoms with Gasteiger partial charge in [0.25, 0.3) is 0 Å². The Kier molecular flexibility index (Phi) is 9.86. The van der Waals surface area contributed by atoms with Gasteiger partial charge in [0, 0.05) is 26.2 Å². The Morgan fingerprint density at radius 1 is 1.13 bits per heavy atom. The van der Waals surface area contributed by atoms with E-state index in [0.717, 1.165) is 0 Å². The van der Waals surface area contributed by atoms with E-state index in [4.69, 9.17) is 10.5 Å². The monoisotopic (exact) mass is 552 g/mol. The molecule has 1 atom stereocenters. The second-order valence-electron chi connectivity index (χ2n) is 8.10. The van der Waals surface area contributed by atoms with Gasteiger partial charge in [0.15, 0.2) is 15.8 Å². The van der Waals surface area contributed by atoms with Gasteiger partial charge < -0.3 is 20.3 Å². The molecule has 1 aliphatic heterocycles. The molecule has 1 aromatic rings. The van der Waals surface area contributed by atoms with Gasteiger partial charge in [-0.3, -0.25) is 0 Å². The maximum absolute atomic E-state index is 12.6. The molecule has 10 heteroatoms. The molecule has 1 aromatic carbocycles.